The summed E-state index contributed by atoms with van der Waals surface area (Å²) in [6, 6.07) is 2.34. The molecule has 2 aliphatic rings. The fourth-order valence-corrected chi connectivity index (χ4v) is 4.10. The minimum absolute atomic E-state index is 0.0108. The van der Waals surface area contributed by atoms with Crippen molar-refractivity contribution in [3.63, 3.8) is 0 Å². The summed E-state index contributed by atoms with van der Waals surface area (Å²) in [4.78, 5) is 40.4. The summed E-state index contributed by atoms with van der Waals surface area (Å²) < 4.78 is 26.6. The lowest BCUT2D eigenvalue weighted by Gasteiger charge is -2.36. The molecule has 1 aliphatic heterocycles. The number of rotatable bonds is 4. The molecule has 0 radical (unpaired) electrons. The zero-order valence-corrected chi connectivity index (χ0v) is 16.3. The lowest BCUT2D eigenvalue weighted by atomic mass is 9.73. The molecule has 1 saturated carbocycles. The Morgan fingerprint density at radius 1 is 1.32 bits per heavy atom. The van der Waals surface area contributed by atoms with E-state index >= 15 is 0 Å². The second-order valence-corrected chi connectivity index (χ2v) is 7.79. The molecule has 4 amide bonds. The molecule has 28 heavy (non-hydrogen) atoms. The average molecular weight is 393 g/mol. The zero-order valence-electron chi connectivity index (χ0n) is 16.3. The topological polar surface area (TPSA) is 69.7 Å². The van der Waals surface area contributed by atoms with Gasteiger partial charge in [-0.05, 0) is 43.4 Å². The van der Waals surface area contributed by atoms with E-state index < -0.39 is 35.2 Å². The molecular weight excluding hydrogens is 368 g/mol. The quantitative estimate of drug-likeness (QED) is 0.800. The number of carbonyl (C=O) groups excluding carboxylic acids is 3. The van der Waals surface area contributed by atoms with Gasteiger partial charge in [-0.2, -0.15) is 0 Å². The van der Waals surface area contributed by atoms with E-state index in [4.69, 9.17) is 0 Å². The van der Waals surface area contributed by atoms with E-state index in [1.165, 1.54) is 18.0 Å². The van der Waals surface area contributed by atoms with Crippen LogP contribution < -0.4 is 5.32 Å². The monoisotopic (exact) mass is 393 g/mol. The Morgan fingerprint density at radius 2 is 2.04 bits per heavy atom. The summed E-state index contributed by atoms with van der Waals surface area (Å²) in [5.74, 6) is -2.76. The Balaban J connectivity index is 1.72. The van der Waals surface area contributed by atoms with Crippen molar-refractivity contribution in [2.75, 3.05) is 13.6 Å². The molecule has 1 aromatic carbocycles. The molecule has 1 N–H and O–H groups in total. The van der Waals surface area contributed by atoms with Crippen LogP contribution >= 0.6 is 0 Å². The highest BCUT2D eigenvalue weighted by atomic mass is 19.2. The Morgan fingerprint density at radius 3 is 2.68 bits per heavy atom. The Hall–Kier alpha value is -2.51. The van der Waals surface area contributed by atoms with Crippen LogP contribution in [0.5, 0.6) is 0 Å². The molecule has 3 unspecified atom stereocenters. The van der Waals surface area contributed by atoms with Gasteiger partial charge >= 0.3 is 6.03 Å². The van der Waals surface area contributed by atoms with Crippen molar-refractivity contribution in [1.82, 2.24) is 15.1 Å². The first kappa shape index (κ1) is 20.2. The summed E-state index contributed by atoms with van der Waals surface area (Å²) in [5, 5.41) is 2.81. The van der Waals surface area contributed by atoms with Crippen LogP contribution in [0, 0.1) is 17.6 Å². The SMILES string of the molecule is CC(c1ccc(F)c(F)c1)N(C)C(=O)CN1C(=O)NC2(CCCCC2C)C1=O. The van der Waals surface area contributed by atoms with Gasteiger partial charge in [-0.1, -0.05) is 25.8 Å². The molecule has 1 saturated heterocycles. The van der Waals surface area contributed by atoms with E-state index in [9.17, 15) is 23.2 Å². The van der Waals surface area contributed by atoms with E-state index in [2.05, 4.69) is 5.32 Å². The number of likely N-dealkylation sites (N-methyl/N-ethyl adjacent to an activating group) is 1. The molecule has 3 atom stereocenters. The van der Waals surface area contributed by atoms with Crippen LogP contribution in [0.1, 0.15) is 51.1 Å². The highest BCUT2D eigenvalue weighted by molar-refractivity contribution is 6.09. The van der Waals surface area contributed by atoms with Crippen LogP contribution in [0.3, 0.4) is 0 Å². The number of urea groups is 1. The van der Waals surface area contributed by atoms with E-state index in [-0.39, 0.29) is 18.4 Å². The molecule has 6 nitrogen and oxygen atoms in total. The van der Waals surface area contributed by atoms with Crippen LogP contribution in [-0.4, -0.2) is 46.8 Å². The van der Waals surface area contributed by atoms with Crippen LogP contribution in [0.4, 0.5) is 13.6 Å². The smallest absolute Gasteiger partial charge is 0.325 e. The van der Waals surface area contributed by atoms with Gasteiger partial charge in [0.15, 0.2) is 11.6 Å². The molecular formula is C20H25F2N3O3. The van der Waals surface area contributed by atoms with Crippen molar-refractivity contribution in [2.24, 2.45) is 5.92 Å². The number of hydrogen-bond acceptors (Lipinski definition) is 3. The molecule has 1 spiro atoms. The van der Waals surface area contributed by atoms with Gasteiger partial charge in [0.1, 0.15) is 12.1 Å². The lowest BCUT2D eigenvalue weighted by Crippen LogP contribution is -2.54. The third-order valence-electron chi connectivity index (χ3n) is 6.20. The molecule has 8 heteroatoms. The second-order valence-electron chi connectivity index (χ2n) is 7.79. The maximum atomic E-state index is 13.5. The third kappa shape index (κ3) is 3.36. The van der Waals surface area contributed by atoms with Crippen LogP contribution in [0.25, 0.3) is 0 Å². The zero-order chi connectivity index (χ0) is 20.6. The molecule has 1 heterocycles. The van der Waals surface area contributed by atoms with Gasteiger partial charge in [0.25, 0.3) is 5.91 Å². The van der Waals surface area contributed by atoms with Crippen molar-refractivity contribution in [1.29, 1.82) is 0 Å². The van der Waals surface area contributed by atoms with E-state index in [0.29, 0.717) is 12.0 Å². The second kappa shape index (κ2) is 7.48. The first-order valence-electron chi connectivity index (χ1n) is 9.52. The molecule has 1 aliphatic carbocycles. The van der Waals surface area contributed by atoms with Crippen molar-refractivity contribution in [2.45, 2.75) is 51.1 Å². The molecule has 2 fully saturated rings. The third-order valence-corrected chi connectivity index (χ3v) is 6.20. The minimum Gasteiger partial charge on any atom is -0.337 e. The number of benzene rings is 1. The van der Waals surface area contributed by atoms with Crippen LogP contribution in [0.2, 0.25) is 0 Å². The summed E-state index contributed by atoms with van der Waals surface area (Å²) in [5.41, 5.74) is -0.496. The van der Waals surface area contributed by atoms with E-state index in [1.54, 1.807) is 6.92 Å². The fourth-order valence-electron chi connectivity index (χ4n) is 4.10. The first-order chi connectivity index (χ1) is 13.2. The summed E-state index contributed by atoms with van der Waals surface area (Å²) in [6.45, 7) is 3.23. The largest absolute Gasteiger partial charge is 0.337 e. The molecule has 152 valence electrons. The highest BCUT2D eigenvalue weighted by Gasteiger charge is 2.55. The predicted molar refractivity (Wildman–Crippen MR) is 98.2 cm³/mol. The maximum Gasteiger partial charge on any atom is 0.325 e. The van der Waals surface area contributed by atoms with Gasteiger partial charge in [-0.15, -0.1) is 0 Å². The molecule has 1 aromatic rings. The van der Waals surface area contributed by atoms with Gasteiger partial charge < -0.3 is 10.2 Å². The number of carbonyl (C=O) groups is 3. The van der Waals surface area contributed by atoms with Gasteiger partial charge in [-0.25, -0.2) is 13.6 Å². The maximum absolute atomic E-state index is 13.5. The predicted octanol–water partition coefficient (Wildman–Crippen LogP) is 2.98. The normalized spacial score (nSPS) is 25.8. The number of amides is 4. The van der Waals surface area contributed by atoms with E-state index in [1.807, 2.05) is 6.92 Å². The van der Waals surface area contributed by atoms with Gasteiger partial charge in [0.05, 0.1) is 6.04 Å². The summed E-state index contributed by atoms with van der Waals surface area (Å²) in [7, 11) is 1.51. The van der Waals surface area contributed by atoms with Crippen molar-refractivity contribution < 1.29 is 23.2 Å². The van der Waals surface area contributed by atoms with Crippen molar-refractivity contribution >= 4 is 17.8 Å². The van der Waals surface area contributed by atoms with Crippen molar-refractivity contribution in [3.8, 4) is 0 Å². The number of hydrogen-bond donors (Lipinski definition) is 1. The van der Waals surface area contributed by atoms with Gasteiger partial charge in [-0.3, -0.25) is 14.5 Å². The first-order valence-corrected chi connectivity index (χ1v) is 9.52. The average Bonchev–Trinajstić information content (AvgIpc) is 2.90. The molecule has 0 bridgehead atoms. The highest BCUT2D eigenvalue weighted by Crippen LogP contribution is 2.38. The van der Waals surface area contributed by atoms with E-state index in [0.717, 1.165) is 36.3 Å². The Labute approximate surface area is 162 Å². The molecule has 3 rings (SSSR count). The number of nitrogens with one attached hydrogen (secondary N) is 1. The standard InChI is InChI=1S/C20H25F2N3O3/c1-12-6-4-5-9-20(12)18(27)25(19(28)23-20)11-17(26)24(3)13(2)14-7-8-15(21)16(22)10-14/h7-8,10,12-13H,4-6,9,11H2,1-3H3,(H,23,28). The Bertz CT molecular complexity index is 816. The van der Waals surface area contributed by atoms with Gasteiger partial charge in [0.2, 0.25) is 5.91 Å². The lowest BCUT2D eigenvalue weighted by molar-refractivity contribution is -0.140. The number of nitrogens with zero attached hydrogens (tertiary/aromatic N) is 2. The van der Waals surface area contributed by atoms with Crippen molar-refractivity contribution in [3.05, 3.63) is 35.4 Å². The minimum atomic E-state index is -0.993. The van der Waals surface area contributed by atoms with Crippen LogP contribution in [0.15, 0.2) is 18.2 Å². The summed E-state index contributed by atoms with van der Waals surface area (Å²) in [6.07, 6.45) is 3.29. The number of imide groups is 1. The Kier molecular flexibility index (Phi) is 5.41. The number of halogens is 2. The fraction of sp³-hybridized carbons (Fsp3) is 0.550. The summed E-state index contributed by atoms with van der Waals surface area (Å²) >= 11 is 0. The van der Waals surface area contributed by atoms with Crippen LogP contribution in [-0.2, 0) is 9.59 Å². The molecule has 0 aromatic heterocycles. The van der Waals surface area contributed by atoms with Gasteiger partial charge in [0, 0.05) is 7.05 Å².